The van der Waals surface area contributed by atoms with Gasteiger partial charge in [-0.05, 0) is 43.4 Å². The van der Waals surface area contributed by atoms with E-state index in [4.69, 9.17) is 0 Å². The molecule has 1 aromatic rings. The van der Waals surface area contributed by atoms with Gasteiger partial charge in [-0.3, -0.25) is 0 Å². The first kappa shape index (κ1) is 9.42. The summed E-state index contributed by atoms with van der Waals surface area (Å²) < 4.78 is 1.11. The summed E-state index contributed by atoms with van der Waals surface area (Å²) in [5.74, 6) is 0. The zero-order chi connectivity index (χ0) is 10.5. The summed E-state index contributed by atoms with van der Waals surface area (Å²) >= 11 is 3.45. The summed E-state index contributed by atoms with van der Waals surface area (Å²) in [4.78, 5) is 0. The van der Waals surface area contributed by atoms with Crippen LogP contribution < -0.4 is 0 Å². The van der Waals surface area contributed by atoms with Crippen molar-refractivity contribution in [2.24, 2.45) is 5.41 Å². The van der Waals surface area contributed by atoms with E-state index in [-0.39, 0.29) is 10.8 Å². The molecule has 1 nitrogen and oxygen atoms in total. The number of nitrogens with zero attached hydrogens (tertiary/aromatic N) is 1. The lowest BCUT2D eigenvalue weighted by molar-refractivity contribution is 0.484. The summed E-state index contributed by atoms with van der Waals surface area (Å²) in [6.45, 7) is 0. The van der Waals surface area contributed by atoms with E-state index in [0.717, 1.165) is 17.3 Å². The van der Waals surface area contributed by atoms with Gasteiger partial charge in [0.2, 0.25) is 0 Å². The molecule has 1 aromatic carbocycles. The fraction of sp³-hybridized carbons (Fsp3) is 0.462. The van der Waals surface area contributed by atoms with Crippen molar-refractivity contribution in [2.45, 2.75) is 31.1 Å². The van der Waals surface area contributed by atoms with Gasteiger partial charge in [-0.2, -0.15) is 5.26 Å². The second-order valence-electron chi connectivity index (χ2n) is 4.78. The van der Waals surface area contributed by atoms with Crippen molar-refractivity contribution in [1.29, 1.82) is 5.26 Å². The van der Waals surface area contributed by atoms with Gasteiger partial charge in [0.1, 0.15) is 0 Å². The van der Waals surface area contributed by atoms with Crippen LogP contribution in [0.4, 0.5) is 0 Å². The van der Waals surface area contributed by atoms with Crippen LogP contribution >= 0.6 is 15.9 Å². The minimum atomic E-state index is -0.0131. The fourth-order valence-electron chi connectivity index (χ4n) is 2.76. The van der Waals surface area contributed by atoms with Gasteiger partial charge in [0.25, 0.3) is 0 Å². The van der Waals surface area contributed by atoms with E-state index < -0.39 is 0 Å². The Morgan fingerprint density at radius 3 is 2.07 bits per heavy atom. The standard InChI is InChI=1S/C13H12BrN/c14-11-3-1-10(2-4-11)13(7-8-13)12(9-15)5-6-12/h1-4H,5-8H2. The Morgan fingerprint density at radius 1 is 1.07 bits per heavy atom. The monoisotopic (exact) mass is 261 g/mol. The predicted octanol–water partition coefficient (Wildman–Crippen LogP) is 3.78. The SMILES string of the molecule is N#CC1(C2(c3ccc(Br)cc3)CC2)CC1. The quantitative estimate of drug-likeness (QED) is 0.795. The molecule has 0 heterocycles. The molecule has 0 amide bonds. The first-order valence-corrected chi connectivity index (χ1v) is 6.19. The zero-order valence-corrected chi connectivity index (χ0v) is 10.0. The van der Waals surface area contributed by atoms with Crippen LogP contribution in [0.1, 0.15) is 31.2 Å². The highest BCUT2D eigenvalue weighted by Crippen LogP contribution is 2.70. The van der Waals surface area contributed by atoms with Crippen LogP contribution in [0.3, 0.4) is 0 Å². The smallest absolute Gasteiger partial charge is 0.0699 e. The molecule has 2 fully saturated rings. The molecule has 0 unspecified atom stereocenters. The van der Waals surface area contributed by atoms with E-state index in [1.807, 2.05) is 0 Å². The van der Waals surface area contributed by atoms with Crippen LogP contribution in [0.2, 0.25) is 0 Å². The van der Waals surface area contributed by atoms with E-state index in [2.05, 4.69) is 46.3 Å². The van der Waals surface area contributed by atoms with Crippen LogP contribution in [-0.2, 0) is 5.41 Å². The highest BCUT2D eigenvalue weighted by atomic mass is 79.9. The first-order valence-electron chi connectivity index (χ1n) is 5.40. The second-order valence-corrected chi connectivity index (χ2v) is 5.70. The summed E-state index contributed by atoms with van der Waals surface area (Å²) in [5.41, 5.74) is 1.56. The Kier molecular flexibility index (Phi) is 1.79. The molecule has 2 heteroatoms. The van der Waals surface area contributed by atoms with Gasteiger partial charge in [-0.15, -0.1) is 0 Å². The summed E-state index contributed by atoms with van der Waals surface area (Å²) in [7, 11) is 0. The predicted molar refractivity (Wildman–Crippen MR) is 62.3 cm³/mol. The number of rotatable bonds is 2. The van der Waals surface area contributed by atoms with Gasteiger partial charge >= 0.3 is 0 Å². The average Bonchev–Trinajstić information content (AvgIpc) is 3.13. The largest absolute Gasteiger partial charge is 0.198 e. The number of nitriles is 1. The average molecular weight is 262 g/mol. The molecule has 76 valence electrons. The number of benzene rings is 1. The van der Waals surface area contributed by atoms with Crippen molar-refractivity contribution in [3.8, 4) is 6.07 Å². The maximum atomic E-state index is 9.29. The van der Waals surface area contributed by atoms with Gasteiger partial charge in [-0.25, -0.2) is 0 Å². The summed E-state index contributed by atoms with van der Waals surface area (Å²) in [6.07, 6.45) is 4.59. The lowest BCUT2D eigenvalue weighted by atomic mass is 9.81. The maximum absolute atomic E-state index is 9.29. The Bertz CT molecular complexity index is 433. The minimum Gasteiger partial charge on any atom is -0.198 e. The Balaban J connectivity index is 2.01. The molecule has 0 radical (unpaired) electrons. The van der Waals surface area contributed by atoms with E-state index in [0.29, 0.717) is 0 Å². The lowest BCUT2D eigenvalue weighted by Gasteiger charge is -2.20. The van der Waals surface area contributed by atoms with Gasteiger partial charge in [0.15, 0.2) is 0 Å². The number of hydrogen-bond donors (Lipinski definition) is 0. The molecule has 0 saturated heterocycles. The molecule has 0 aliphatic heterocycles. The number of hydrogen-bond acceptors (Lipinski definition) is 1. The van der Waals surface area contributed by atoms with Crippen LogP contribution in [0.15, 0.2) is 28.7 Å². The molecule has 0 N–H and O–H groups in total. The summed E-state index contributed by atoms with van der Waals surface area (Å²) in [5, 5.41) is 9.29. The van der Waals surface area contributed by atoms with Crippen LogP contribution in [0.25, 0.3) is 0 Å². The molecule has 2 saturated carbocycles. The van der Waals surface area contributed by atoms with Crippen LogP contribution in [0.5, 0.6) is 0 Å². The molecular formula is C13H12BrN. The topological polar surface area (TPSA) is 23.8 Å². The fourth-order valence-corrected chi connectivity index (χ4v) is 3.02. The molecule has 0 bridgehead atoms. The third-order valence-electron chi connectivity index (χ3n) is 4.03. The van der Waals surface area contributed by atoms with Crippen molar-refractivity contribution in [2.75, 3.05) is 0 Å². The van der Waals surface area contributed by atoms with Crippen LogP contribution in [0, 0.1) is 16.7 Å². The molecule has 2 aliphatic rings. The Morgan fingerprint density at radius 2 is 1.67 bits per heavy atom. The third kappa shape index (κ3) is 1.19. The minimum absolute atomic E-state index is 0.0131. The molecule has 3 rings (SSSR count). The number of halogens is 1. The van der Waals surface area contributed by atoms with Gasteiger partial charge in [0, 0.05) is 9.89 Å². The normalized spacial score (nSPS) is 24.3. The van der Waals surface area contributed by atoms with E-state index in [1.165, 1.54) is 18.4 Å². The molecular weight excluding hydrogens is 250 g/mol. The first-order chi connectivity index (χ1) is 7.22. The zero-order valence-electron chi connectivity index (χ0n) is 8.46. The van der Waals surface area contributed by atoms with Crippen molar-refractivity contribution in [1.82, 2.24) is 0 Å². The van der Waals surface area contributed by atoms with E-state index >= 15 is 0 Å². The molecule has 0 aromatic heterocycles. The summed E-state index contributed by atoms with van der Waals surface area (Å²) in [6, 6.07) is 11.1. The lowest BCUT2D eigenvalue weighted by Crippen LogP contribution is -2.20. The Labute approximate surface area is 98.2 Å². The highest BCUT2D eigenvalue weighted by molar-refractivity contribution is 9.10. The van der Waals surface area contributed by atoms with Crippen molar-refractivity contribution in [3.63, 3.8) is 0 Å². The van der Waals surface area contributed by atoms with Crippen molar-refractivity contribution < 1.29 is 0 Å². The highest BCUT2D eigenvalue weighted by Gasteiger charge is 2.66. The molecule has 15 heavy (non-hydrogen) atoms. The van der Waals surface area contributed by atoms with E-state index in [1.54, 1.807) is 0 Å². The Hall–Kier alpha value is -0.810. The molecule has 0 atom stereocenters. The van der Waals surface area contributed by atoms with Crippen molar-refractivity contribution >= 4 is 15.9 Å². The molecule has 2 aliphatic carbocycles. The maximum Gasteiger partial charge on any atom is 0.0699 e. The third-order valence-corrected chi connectivity index (χ3v) is 4.56. The van der Waals surface area contributed by atoms with Gasteiger partial charge < -0.3 is 0 Å². The van der Waals surface area contributed by atoms with Gasteiger partial charge in [0.05, 0.1) is 11.5 Å². The van der Waals surface area contributed by atoms with E-state index in [9.17, 15) is 5.26 Å². The van der Waals surface area contributed by atoms with Crippen molar-refractivity contribution in [3.05, 3.63) is 34.3 Å². The molecule has 0 spiro atoms. The van der Waals surface area contributed by atoms with Gasteiger partial charge in [-0.1, -0.05) is 28.1 Å². The second kappa shape index (κ2) is 2.86. The van der Waals surface area contributed by atoms with Crippen LogP contribution in [-0.4, -0.2) is 0 Å².